The van der Waals surface area contributed by atoms with Crippen LogP contribution < -0.4 is 0 Å². The van der Waals surface area contributed by atoms with Crippen molar-refractivity contribution in [3.8, 4) is 6.07 Å². The molecule has 0 aliphatic carbocycles. The Balaban J connectivity index is 2.38. The van der Waals surface area contributed by atoms with Crippen molar-refractivity contribution in [2.75, 3.05) is 0 Å². The normalized spacial score (nSPS) is 12.1. The van der Waals surface area contributed by atoms with Crippen LogP contribution in [0.1, 0.15) is 29.2 Å². The molecule has 1 aromatic heterocycles. The highest BCUT2D eigenvalue weighted by molar-refractivity contribution is 8.01. The van der Waals surface area contributed by atoms with Crippen LogP contribution in [0.3, 0.4) is 0 Å². The first-order chi connectivity index (χ1) is 8.60. The second-order valence-electron chi connectivity index (χ2n) is 3.73. The van der Waals surface area contributed by atoms with Gasteiger partial charge in [-0.05, 0) is 31.5 Å². The van der Waals surface area contributed by atoms with Gasteiger partial charge in [-0.2, -0.15) is 5.26 Å². The summed E-state index contributed by atoms with van der Waals surface area (Å²) in [6.07, 6.45) is -0.575. The summed E-state index contributed by atoms with van der Waals surface area (Å²) < 4.78 is 0.810. The van der Waals surface area contributed by atoms with Crippen LogP contribution in [0.25, 0.3) is 0 Å². The van der Waals surface area contributed by atoms with Crippen LogP contribution in [0.5, 0.6) is 0 Å². The van der Waals surface area contributed by atoms with Crippen LogP contribution in [0.4, 0.5) is 0 Å². The molecule has 2 aromatic rings. The molecule has 18 heavy (non-hydrogen) atoms. The Bertz CT molecular complexity index is 602. The van der Waals surface area contributed by atoms with Gasteiger partial charge in [-0.15, -0.1) is 10.2 Å². The first-order valence-corrected chi connectivity index (χ1v) is 6.93. The lowest BCUT2D eigenvalue weighted by atomic mass is 10.1. The van der Waals surface area contributed by atoms with E-state index in [-0.39, 0.29) is 0 Å². The van der Waals surface area contributed by atoms with E-state index in [9.17, 15) is 5.11 Å². The summed E-state index contributed by atoms with van der Waals surface area (Å²) in [5, 5.41) is 27.5. The second kappa shape index (κ2) is 5.48. The summed E-state index contributed by atoms with van der Waals surface area (Å²) in [7, 11) is 0. The monoisotopic (exact) mass is 277 g/mol. The highest BCUT2D eigenvalue weighted by Gasteiger charge is 2.12. The van der Waals surface area contributed by atoms with E-state index in [2.05, 4.69) is 16.3 Å². The molecule has 0 aliphatic rings. The van der Waals surface area contributed by atoms with Gasteiger partial charge in [0.25, 0.3) is 0 Å². The topological polar surface area (TPSA) is 69.8 Å². The van der Waals surface area contributed by atoms with Crippen molar-refractivity contribution < 1.29 is 5.11 Å². The number of benzene rings is 1. The molecular weight excluding hydrogens is 266 g/mol. The number of hydrogen-bond acceptors (Lipinski definition) is 6. The maximum Gasteiger partial charge on any atom is 0.179 e. The zero-order valence-corrected chi connectivity index (χ0v) is 11.5. The molecule has 1 unspecified atom stereocenters. The molecule has 1 atom stereocenters. The molecule has 92 valence electrons. The number of rotatable bonds is 3. The number of aliphatic hydroxyl groups is 1. The van der Waals surface area contributed by atoms with Crippen molar-refractivity contribution >= 4 is 23.1 Å². The molecule has 0 spiro atoms. The van der Waals surface area contributed by atoms with Gasteiger partial charge in [0.05, 0.1) is 17.7 Å². The molecule has 0 amide bonds. The lowest BCUT2D eigenvalue weighted by molar-refractivity contribution is 0.196. The van der Waals surface area contributed by atoms with E-state index in [1.807, 2.05) is 6.92 Å². The van der Waals surface area contributed by atoms with E-state index in [1.54, 1.807) is 25.1 Å². The molecule has 4 nitrogen and oxygen atoms in total. The van der Waals surface area contributed by atoms with Crippen LogP contribution in [-0.4, -0.2) is 15.3 Å². The molecule has 0 aliphatic heterocycles. The number of hydrogen-bond donors (Lipinski definition) is 1. The van der Waals surface area contributed by atoms with Crippen LogP contribution in [0.2, 0.25) is 0 Å². The highest BCUT2D eigenvalue weighted by Crippen LogP contribution is 2.35. The summed E-state index contributed by atoms with van der Waals surface area (Å²) in [5.74, 6) is 0. The zero-order chi connectivity index (χ0) is 13.1. The Hall–Kier alpha value is -1.42. The standard InChI is InChI=1S/C12H11N3OS2/c1-7(16)10-4-3-9(6-13)5-11(10)18-12-15-14-8(2)17-12/h3-5,7,16H,1-2H3. The third-order valence-corrected chi connectivity index (χ3v) is 4.26. The van der Waals surface area contributed by atoms with Crippen molar-refractivity contribution in [1.82, 2.24) is 10.2 Å². The van der Waals surface area contributed by atoms with Crippen LogP contribution in [0, 0.1) is 18.3 Å². The van der Waals surface area contributed by atoms with Gasteiger partial charge in [0.1, 0.15) is 5.01 Å². The summed E-state index contributed by atoms with van der Waals surface area (Å²) in [5.41, 5.74) is 1.37. The van der Waals surface area contributed by atoms with Gasteiger partial charge >= 0.3 is 0 Å². The summed E-state index contributed by atoms with van der Waals surface area (Å²) in [6.45, 7) is 3.60. The number of nitrogens with zero attached hydrogens (tertiary/aromatic N) is 3. The Kier molecular flexibility index (Phi) is 3.97. The molecule has 1 aromatic carbocycles. The molecule has 1 heterocycles. The number of nitriles is 1. The Morgan fingerprint density at radius 3 is 2.78 bits per heavy atom. The minimum atomic E-state index is -0.575. The third-order valence-electron chi connectivity index (χ3n) is 2.30. The quantitative estimate of drug-likeness (QED) is 0.934. The average Bonchev–Trinajstić information content (AvgIpc) is 2.74. The van der Waals surface area contributed by atoms with Crippen molar-refractivity contribution in [3.05, 3.63) is 34.3 Å². The molecule has 2 rings (SSSR count). The molecule has 0 fully saturated rings. The fraction of sp³-hybridized carbons (Fsp3) is 0.250. The second-order valence-corrected chi connectivity index (χ2v) is 6.20. The van der Waals surface area contributed by atoms with Gasteiger partial charge in [-0.25, -0.2) is 0 Å². The molecule has 0 bridgehead atoms. The molecular formula is C12H11N3OS2. The fourth-order valence-corrected chi connectivity index (χ4v) is 3.48. The van der Waals surface area contributed by atoms with Gasteiger partial charge < -0.3 is 5.11 Å². The maximum atomic E-state index is 9.72. The number of aliphatic hydroxyl groups excluding tert-OH is 1. The van der Waals surface area contributed by atoms with Crippen LogP contribution >= 0.6 is 23.1 Å². The largest absolute Gasteiger partial charge is 0.389 e. The SMILES string of the molecule is Cc1nnc(Sc2cc(C#N)ccc2C(C)O)s1. The van der Waals surface area contributed by atoms with E-state index in [4.69, 9.17) is 5.26 Å². The summed E-state index contributed by atoms with van der Waals surface area (Å²) in [6, 6.07) is 7.35. The Morgan fingerprint density at radius 1 is 1.44 bits per heavy atom. The lowest BCUT2D eigenvalue weighted by Gasteiger charge is -2.10. The van der Waals surface area contributed by atoms with E-state index >= 15 is 0 Å². The predicted molar refractivity (Wildman–Crippen MR) is 70.6 cm³/mol. The van der Waals surface area contributed by atoms with Gasteiger partial charge in [0.2, 0.25) is 0 Å². The lowest BCUT2D eigenvalue weighted by Crippen LogP contribution is -1.94. The minimum Gasteiger partial charge on any atom is -0.389 e. The first kappa shape index (κ1) is 13.0. The number of aromatic nitrogens is 2. The van der Waals surface area contributed by atoms with E-state index < -0.39 is 6.10 Å². The van der Waals surface area contributed by atoms with E-state index in [0.717, 1.165) is 19.8 Å². The van der Waals surface area contributed by atoms with Gasteiger partial charge in [-0.1, -0.05) is 29.2 Å². The smallest absolute Gasteiger partial charge is 0.179 e. The summed E-state index contributed by atoms with van der Waals surface area (Å²) >= 11 is 2.92. The predicted octanol–water partition coefficient (Wildman–Crippen LogP) is 2.92. The van der Waals surface area contributed by atoms with Crippen molar-refractivity contribution in [2.24, 2.45) is 0 Å². The Morgan fingerprint density at radius 2 is 2.22 bits per heavy atom. The Labute approximate surface area is 113 Å². The minimum absolute atomic E-state index is 0.572. The average molecular weight is 277 g/mol. The fourth-order valence-electron chi connectivity index (χ4n) is 1.45. The maximum absolute atomic E-state index is 9.72. The molecule has 0 saturated carbocycles. The van der Waals surface area contributed by atoms with E-state index in [1.165, 1.54) is 23.1 Å². The first-order valence-electron chi connectivity index (χ1n) is 5.30. The van der Waals surface area contributed by atoms with Crippen molar-refractivity contribution in [1.29, 1.82) is 5.26 Å². The van der Waals surface area contributed by atoms with E-state index in [0.29, 0.717) is 5.56 Å². The highest BCUT2D eigenvalue weighted by atomic mass is 32.2. The molecule has 6 heteroatoms. The van der Waals surface area contributed by atoms with Gasteiger partial charge in [0.15, 0.2) is 4.34 Å². The van der Waals surface area contributed by atoms with Gasteiger partial charge in [0, 0.05) is 4.90 Å². The molecule has 0 saturated heterocycles. The van der Waals surface area contributed by atoms with Crippen LogP contribution in [-0.2, 0) is 0 Å². The number of aryl methyl sites for hydroxylation is 1. The third kappa shape index (κ3) is 2.88. The van der Waals surface area contributed by atoms with Gasteiger partial charge in [-0.3, -0.25) is 0 Å². The van der Waals surface area contributed by atoms with Crippen LogP contribution in [0.15, 0.2) is 27.4 Å². The molecule has 0 radical (unpaired) electrons. The van der Waals surface area contributed by atoms with Crippen molar-refractivity contribution in [2.45, 2.75) is 29.2 Å². The summed E-state index contributed by atoms with van der Waals surface area (Å²) in [4.78, 5) is 0.847. The zero-order valence-electron chi connectivity index (χ0n) is 9.91. The van der Waals surface area contributed by atoms with Crippen molar-refractivity contribution in [3.63, 3.8) is 0 Å². The molecule has 1 N–H and O–H groups in total.